The Morgan fingerprint density at radius 2 is 1.89 bits per heavy atom. The quantitative estimate of drug-likeness (QED) is 0.696. The van der Waals surface area contributed by atoms with E-state index in [2.05, 4.69) is 10.3 Å². The molecule has 1 aliphatic heterocycles. The molecule has 4 rings (SSSR count). The number of hydrogen-bond acceptors (Lipinski definition) is 4. The average molecular weight is 372 g/mol. The maximum atomic E-state index is 12.5. The predicted molar refractivity (Wildman–Crippen MR) is 105 cm³/mol. The maximum Gasteiger partial charge on any atom is 0.339 e. The van der Waals surface area contributed by atoms with Gasteiger partial charge in [-0.05, 0) is 41.5 Å². The molecular weight excluding hydrogens is 352 g/mol. The van der Waals surface area contributed by atoms with E-state index in [0.717, 1.165) is 16.8 Å². The summed E-state index contributed by atoms with van der Waals surface area (Å²) in [5.74, 6) is -0.508. The second-order valence-electron chi connectivity index (χ2n) is 6.71. The van der Waals surface area contributed by atoms with Crippen LogP contribution in [0.5, 0.6) is 0 Å². The lowest BCUT2D eigenvalue weighted by Gasteiger charge is -2.25. The number of nitrogens with zero attached hydrogens (tertiary/aromatic N) is 1. The van der Waals surface area contributed by atoms with Crippen LogP contribution in [0.15, 0.2) is 72.9 Å². The number of benzene rings is 2. The van der Waals surface area contributed by atoms with E-state index < -0.39 is 0 Å². The minimum absolute atomic E-state index is 0.158. The molecule has 1 unspecified atom stereocenters. The van der Waals surface area contributed by atoms with Crippen LogP contribution in [0.2, 0.25) is 0 Å². The molecule has 0 saturated carbocycles. The molecule has 5 nitrogen and oxygen atoms in total. The zero-order chi connectivity index (χ0) is 19.3. The molecule has 0 aliphatic carbocycles. The van der Waals surface area contributed by atoms with Crippen molar-refractivity contribution in [2.75, 3.05) is 6.54 Å². The van der Waals surface area contributed by atoms with Crippen molar-refractivity contribution in [3.63, 3.8) is 0 Å². The smallest absolute Gasteiger partial charge is 0.339 e. The lowest BCUT2D eigenvalue weighted by Crippen LogP contribution is -2.27. The first-order valence-corrected chi connectivity index (χ1v) is 9.27. The number of esters is 1. The third kappa shape index (κ3) is 3.93. The minimum Gasteiger partial charge on any atom is -0.454 e. The molecule has 0 saturated heterocycles. The molecule has 2 heterocycles. The van der Waals surface area contributed by atoms with Crippen LogP contribution in [-0.4, -0.2) is 23.4 Å². The first-order chi connectivity index (χ1) is 13.7. The molecule has 1 amide bonds. The van der Waals surface area contributed by atoms with Crippen LogP contribution >= 0.6 is 0 Å². The Kier molecular flexibility index (Phi) is 5.15. The molecule has 3 aromatic rings. The number of carbonyl (C=O) groups is 2. The number of nitrogens with one attached hydrogen (secondary N) is 1. The number of rotatable bonds is 5. The van der Waals surface area contributed by atoms with Gasteiger partial charge < -0.3 is 10.1 Å². The summed E-state index contributed by atoms with van der Waals surface area (Å²) in [7, 11) is 0. The molecule has 5 heteroatoms. The molecular formula is C23H20N2O3. The van der Waals surface area contributed by atoms with Gasteiger partial charge in [-0.25, -0.2) is 4.79 Å². The van der Waals surface area contributed by atoms with Gasteiger partial charge in [-0.2, -0.15) is 0 Å². The van der Waals surface area contributed by atoms with Gasteiger partial charge in [-0.1, -0.05) is 36.4 Å². The summed E-state index contributed by atoms with van der Waals surface area (Å²) < 4.78 is 5.57. The van der Waals surface area contributed by atoms with Gasteiger partial charge in [0.15, 0.2) is 0 Å². The van der Waals surface area contributed by atoms with E-state index in [0.29, 0.717) is 30.5 Å². The number of fused-ring (bicyclic) bond motifs is 1. The normalized spacial score (nSPS) is 15.4. The second kappa shape index (κ2) is 8.05. The van der Waals surface area contributed by atoms with Gasteiger partial charge in [0.2, 0.25) is 0 Å². The van der Waals surface area contributed by atoms with Gasteiger partial charge in [0, 0.05) is 36.8 Å². The average Bonchev–Trinajstić information content (AvgIpc) is 2.74. The van der Waals surface area contributed by atoms with Crippen LogP contribution in [0.1, 0.15) is 43.6 Å². The number of carbonyl (C=O) groups excluding carboxylic acids is 2. The Morgan fingerprint density at radius 3 is 2.68 bits per heavy atom. The highest BCUT2D eigenvalue weighted by Crippen LogP contribution is 2.31. The Hall–Kier alpha value is -3.47. The highest BCUT2D eigenvalue weighted by Gasteiger charge is 2.28. The summed E-state index contributed by atoms with van der Waals surface area (Å²) in [6.45, 7) is 0.502. The lowest BCUT2D eigenvalue weighted by atomic mass is 9.93. The fraction of sp³-hybridized carbons (Fsp3) is 0.174. The van der Waals surface area contributed by atoms with Crippen molar-refractivity contribution in [2.24, 2.45) is 0 Å². The monoisotopic (exact) mass is 372 g/mol. The molecule has 2 aromatic carbocycles. The van der Waals surface area contributed by atoms with Crippen molar-refractivity contribution in [1.82, 2.24) is 10.3 Å². The van der Waals surface area contributed by atoms with Gasteiger partial charge in [0.1, 0.15) is 6.10 Å². The van der Waals surface area contributed by atoms with Crippen LogP contribution < -0.4 is 5.32 Å². The molecule has 1 atom stereocenters. The van der Waals surface area contributed by atoms with Gasteiger partial charge in [0.25, 0.3) is 5.91 Å². The SMILES string of the molecule is O=C(NCCc1ccccn1)c1ccc2c(c1)CC(c1ccccc1)OC2=O. The van der Waals surface area contributed by atoms with Gasteiger partial charge in [0.05, 0.1) is 5.56 Å². The van der Waals surface area contributed by atoms with Crippen LogP contribution in [0, 0.1) is 0 Å². The summed E-state index contributed by atoms with van der Waals surface area (Å²) in [4.78, 5) is 29.1. The number of ether oxygens (including phenoxy) is 1. The van der Waals surface area contributed by atoms with Crippen molar-refractivity contribution < 1.29 is 14.3 Å². The van der Waals surface area contributed by atoms with E-state index in [1.54, 1.807) is 24.4 Å². The van der Waals surface area contributed by atoms with Crippen molar-refractivity contribution in [3.05, 3.63) is 101 Å². The minimum atomic E-state index is -0.350. The number of hydrogen-bond donors (Lipinski definition) is 1. The fourth-order valence-corrected chi connectivity index (χ4v) is 3.34. The largest absolute Gasteiger partial charge is 0.454 e. The number of amides is 1. The molecule has 0 bridgehead atoms. The Labute approximate surface area is 163 Å². The predicted octanol–water partition coefficient (Wildman–Crippen LogP) is 3.51. The topological polar surface area (TPSA) is 68.3 Å². The van der Waals surface area contributed by atoms with Gasteiger partial charge in [-0.3, -0.25) is 9.78 Å². The number of pyridine rings is 1. The lowest BCUT2D eigenvalue weighted by molar-refractivity contribution is 0.0252. The zero-order valence-electron chi connectivity index (χ0n) is 15.3. The van der Waals surface area contributed by atoms with Crippen molar-refractivity contribution >= 4 is 11.9 Å². The summed E-state index contributed by atoms with van der Waals surface area (Å²) >= 11 is 0. The third-order valence-corrected chi connectivity index (χ3v) is 4.81. The molecule has 140 valence electrons. The van der Waals surface area contributed by atoms with E-state index in [4.69, 9.17) is 4.74 Å². The van der Waals surface area contributed by atoms with E-state index in [-0.39, 0.29) is 18.0 Å². The van der Waals surface area contributed by atoms with E-state index >= 15 is 0 Å². The fourth-order valence-electron chi connectivity index (χ4n) is 3.34. The molecule has 28 heavy (non-hydrogen) atoms. The second-order valence-corrected chi connectivity index (χ2v) is 6.71. The molecule has 0 spiro atoms. The van der Waals surface area contributed by atoms with E-state index in [1.165, 1.54) is 0 Å². The standard InChI is InChI=1S/C23H20N2O3/c26-22(25-13-11-19-8-4-5-12-24-19)17-9-10-20-18(14-17)15-21(28-23(20)27)16-6-2-1-3-7-16/h1-10,12,14,21H,11,13,15H2,(H,25,26). The zero-order valence-corrected chi connectivity index (χ0v) is 15.3. The van der Waals surface area contributed by atoms with Crippen molar-refractivity contribution in [1.29, 1.82) is 0 Å². The van der Waals surface area contributed by atoms with Crippen LogP contribution in [0.25, 0.3) is 0 Å². The summed E-state index contributed by atoms with van der Waals surface area (Å²) in [5, 5.41) is 2.91. The van der Waals surface area contributed by atoms with Gasteiger partial charge >= 0.3 is 5.97 Å². The Balaban J connectivity index is 1.45. The van der Waals surface area contributed by atoms with Gasteiger partial charge in [-0.15, -0.1) is 0 Å². The van der Waals surface area contributed by atoms with E-state index in [9.17, 15) is 9.59 Å². The third-order valence-electron chi connectivity index (χ3n) is 4.81. The first-order valence-electron chi connectivity index (χ1n) is 9.27. The van der Waals surface area contributed by atoms with Crippen LogP contribution in [-0.2, 0) is 17.6 Å². The number of cyclic esters (lactones) is 1. The highest BCUT2D eigenvalue weighted by atomic mass is 16.5. The maximum absolute atomic E-state index is 12.5. The molecule has 1 aliphatic rings. The Bertz CT molecular complexity index is 987. The van der Waals surface area contributed by atoms with E-state index in [1.807, 2.05) is 48.5 Å². The molecule has 0 fully saturated rings. The summed E-state index contributed by atoms with van der Waals surface area (Å²) in [6, 6.07) is 20.5. The van der Waals surface area contributed by atoms with Crippen LogP contribution in [0.3, 0.4) is 0 Å². The van der Waals surface area contributed by atoms with Crippen LogP contribution in [0.4, 0.5) is 0 Å². The number of aromatic nitrogens is 1. The van der Waals surface area contributed by atoms with Crippen molar-refractivity contribution in [2.45, 2.75) is 18.9 Å². The summed E-state index contributed by atoms with van der Waals surface area (Å²) in [5.41, 5.74) is 3.79. The first kappa shape index (κ1) is 17.9. The molecule has 1 N–H and O–H groups in total. The highest BCUT2D eigenvalue weighted by molar-refractivity contribution is 5.97. The Morgan fingerprint density at radius 1 is 1.07 bits per heavy atom. The molecule has 0 radical (unpaired) electrons. The summed E-state index contributed by atoms with van der Waals surface area (Å²) in [6.07, 6.45) is 2.63. The van der Waals surface area contributed by atoms with Crippen molar-refractivity contribution in [3.8, 4) is 0 Å². The molecule has 1 aromatic heterocycles.